The Kier molecular flexibility index (Phi) is 10.1. The molecule has 0 bridgehead atoms. The van der Waals surface area contributed by atoms with Crippen LogP contribution in [0.3, 0.4) is 0 Å². The van der Waals surface area contributed by atoms with Crippen molar-refractivity contribution >= 4 is 103 Å². The zero-order valence-electron chi connectivity index (χ0n) is 40.9. The van der Waals surface area contributed by atoms with E-state index in [0.717, 1.165) is 45.0 Å². The summed E-state index contributed by atoms with van der Waals surface area (Å²) in [6, 6.07) is 103. The van der Waals surface area contributed by atoms with Gasteiger partial charge in [-0.05, 0) is 138 Å². The van der Waals surface area contributed by atoms with Crippen LogP contribution in [-0.4, -0.2) is 4.57 Å². The first-order valence-electron chi connectivity index (χ1n) is 25.7. The van der Waals surface area contributed by atoms with Crippen LogP contribution >= 0.6 is 11.3 Å². The lowest BCUT2D eigenvalue weighted by molar-refractivity contribution is 1.18. The number of hydrogen-bond acceptors (Lipinski definition) is 2. The Hall–Kier alpha value is -9.54. The Bertz CT molecular complexity index is 4640. The highest BCUT2D eigenvalue weighted by molar-refractivity contribution is 7.27. The van der Waals surface area contributed by atoms with Gasteiger partial charge in [-0.15, -0.1) is 11.3 Å². The Balaban J connectivity index is 0.873. The van der Waals surface area contributed by atoms with E-state index in [1.54, 1.807) is 0 Å². The van der Waals surface area contributed by atoms with Crippen molar-refractivity contribution in [1.82, 2.24) is 4.57 Å². The molecule has 75 heavy (non-hydrogen) atoms. The van der Waals surface area contributed by atoms with E-state index in [1.807, 2.05) is 11.3 Å². The number of rotatable bonds is 8. The minimum Gasteiger partial charge on any atom is -0.310 e. The second-order valence-corrected chi connectivity index (χ2v) is 20.6. The fourth-order valence-electron chi connectivity index (χ4n) is 11.7. The molecular formula is C72H46N2S. The van der Waals surface area contributed by atoms with E-state index >= 15 is 0 Å². The van der Waals surface area contributed by atoms with Crippen molar-refractivity contribution in [1.29, 1.82) is 0 Å². The zero-order valence-corrected chi connectivity index (χ0v) is 41.7. The normalized spacial score (nSPS) is 11.7. The van der Waals surface area contributed by atoms with E-state index in [4.69, 9.17) is 0 Å². The van der Waals surface area contributed by atoms with Gasteiger partial charge in [0.1, 0.15) is 0 Å². The van der Waals surface area contributed by atoms with Crippen LogP contribution in [0.5, 0.6) is 0 Å². The lowest BCUT2D eigenvalue weighted by Crippen LogP contribution is -2.11. The zero-order chi connectivity index (χ0) is 49.4. The van der Waals surface area contributed by atoms with Crippen LogP contribution in [0.1, 0.15) is 0 Å². The fraction of sp³-hybridized carbons (Fsp3) is 0. The largest absolute Gasteiger partial charge is 0.310 e. The van der Waals surface area contributed by atoms with E-state index < -0.39 is 0 Å². The summed E-state index contributed by atoms with van der Waals surface area (Å²) in [6.45, 7) is 0. The molecule has 0 aliphatic heterocycles. The quantitative estimate of drug-likeness (QED) is 0.138. The van der Waals surface area contributed by atoms with Crippen LogP contribution in [-0.2, 0) is 0 Å². The molecule has 0 saturated heterocycles. The van der Waals surface area contributed by atoms with Gasteiger partial charge in [-0.1, -0.05) is 212 Å². The summed E-state index contributed by atoms with van der Waals surface area (Å²) in [5, 5.41) is 12.7. The molecule has 0 aliphatic carbocycles. The molecule has 2 aromatic heterocycles. The van der Waals surface area contributed by atoms with Crippen LogP contribution in [0, 0.1) is 0 Å². The fourth-order valence-corrected chi connectivity index (χ4v) is 13.1. The van der Waals surface area contributed by atoms with Crippen molar-refractivity contribution in [3.05, 3.63) is 279 Å². The minimum atomic E-state index is 1.07. The highest BCUT2D eigenvalue weighted by atomic mass is 32.1. The molecule has 15 rings (SSSR count). The molecule has 0 radical (unpaired) electrons. The maximum absolute atomic E-state index is 2.44. The molecule has 0 aliphatic rings. The highest BCUT2D eigenvalue weighted by Gasteiger charge is 2.21. The SMILES string of the molecule is c1ccc(-c2cc(-c3ccc4ccc5ccccc5c4c3)ccc2N(c2ccc(-c3cccc(-n4c5ccccc5c5ccccc54)c3)cc2)c2ccc(-c3cccc4c3sc3c5ccccc5ccc43)cc2)cc1. The number of thiophene rings is 1. The average molecular weight is 971 g/mol. The predicted molar refractivity (Wildman–Crippen MR) is 323 cm³/mol. The third-order valence-electron chi connectivity index (χ3n) is 15.4. The number of nitrogens with zero attached hydrogens (tertiary/aromatic N) is 2. The number of hydrogen-bond donors (Lipinski definition) is 0. The predicted octanol–water partition coefficient (Wildman–Crippen LogP) is 20.7. The van der Waals surface area contributed by atoms with Crippen LogP contribution in [0.4, 0.5) is 17.1 Å². The van der Waals surface area contributed by atoms with Crippen LogP contribution in [0.25, 0.3) is 124 Å². The lowest BCUT2D eigenvalue weighted by atomic mass is 9.93. The van der Waals surface area contributed by atoms with Gasteiger partial charge < -0.3 is 9.47 Å². The molecule has 0 unspecified atom stereocenters. The first-order chi connectivity index (χ1) is 37.2. The molecule has 0 spiro atoms. The molecule has 350 valence electrons. The summed E-state index contributed by atoms with van der Waals surface area (Å²) in [6.07, 6.45) is 0. The van der Waals surface area contributed by atoms with Crippen molar-refractivity contribution in [2.75, 3.05) is 4.90 Å². The van der Waals surface area contributed by atoms with Gasteiger partial charge in [0.2, 0.25) is 0 Å². The van der Waals surface area contributed by atoms with E-state index in [1.165, 1.54) is 96.5 Å². The van der Waals surface area contributed by atoms with Crippen molar-refractivity contribution in [3.63, 3.8) is 0 Å². The van der Waals surface area contributed by atoms with Gasteiger partial charge in [0.05, 0.1) is 16.7 Å². The Morgan fingerprint density at radius 2 is 0.760 bits per heavy atom. The van der Waals surface area contributed by atoms with Crippen LogP contribution in [0.15, 0.2) is 279 Å². The highest BCUT2D eigenvalue weighted by Crippen LogP contribution is 2.47. The Morgan fingerprint density at radius 1 is 0.267 bits per heavy atom. The second kappa shape index (κ2) is 17.6. The van der Waals surface area contributed by atoms with E-state index in [9.17, 15) is 0 Å². The number of para-hydroxylation sites is 2. The maximum atomic E-state index is 2.44. The summed E-state index contributed by atoms with van der Waals surface area (Å²) in [5.41, 5.74) is 16.2. The first-order valence-corrected chi connectivity index (χ1v) is 26.5. The summed E-state index contributed by atoms with van der Waals surface area (Å²) in [5.74, 6) is 0. The lowest BCUT2D eigenvalue weighted by Gasteiger charge is -2.29. The maximum Gasteiger partial charge on any atom is 0.0541 e. The standard InChI is InChI=1S/C72H46N2S/c1-2-14-48(15-3-1)67-46-55(54-31-30-52-29-28-49-16-4-6-20-59(49)66(52)45-54)37-43-70(67)73(57-40-34-51(35-41-57)61-24-13-25-64-65-42-36-50-17-5-7-21-60(50)72(65)75-71(61)64)56-38-32-47(33-39-56)53-18-12-19-58(44-53)74-68-26-10-8-22-62(68)63-23-9-11-27-69(63)74/h1-46H. The minimum absolute atomic E-state index is 1.07. The molecule has 0 amide bonds. The third-order valence-corrected chi connectivity index (χ3v) is 16.7. The first kappa shape index (κ1) is 43.1. The van der Waals surface area contributed by atoms with E-state index in [2.05, 4.69) is 289 Å². The van der Waals surface area contributed by atoms with Crippen LogP contribution in [0.2, 0.25) is 0 Å². The van der Waals surface area contributed by atoms with Crippen LogP contribution < -0.4 is 4.90 Å². The van der Waals surface area contributed by atoms with Crippen molar-refractivity contribution < 1.29 is 0 Å². The van der Waals surface area contributed by atoms with Gasteiger partial charge >= 0.3 is 0 Å². The Morgan fingerprint density at radius 3 is 1.51 bits per heavy atom. The van der Waals surface area contributed by atoms with Gasteiger partial charge in [-0.3, -0.25) is 0 Å². The molecule has 13 aromatic carbocycles. The summed E-state index contributed by atoms with van der Waals surface area (Å²) >= 11 is 1.91. The molecule has 0 fully saturated rings. The number of fused-ring (bicyclic) bond motifs is 11. The van der Waals surface area contributed by atoms with Gasteiger partial charge in [-0.2, -0.15) is 0 Å². The monoisotopic (exact) mass is 970 g/mol. The van der Waals surface area contributed by atoms with Crippen molar-refractivity contribution in [2.45, 2.75) is 0 Å². The van der Waals surface area contributed by atoms with Gasteiger partial charge in [-0.25, -0.2) is 0 Å². The molecule has 15 aromatic rings. The van der Waals surface area contributed by atoms with Gasteiger partial charge in [0.15, 0.2) is 0 Å². The smallest absolute Gasteiger partial charge is 0.0541 e. The summed E-state index contributed by atoms with van der Waals surface area (Å²) < 4.78 is 5.05. The van der Waals surface area contributed by atoms with Crippen molar-refractivity contribution in [2.24, 2.45) is 0 Å². The van der Waals surface area contributed by atoms with Gasteiger partial charge in [0, 0.05) is 53.6 Å². The molecular weight excluding hydrogens is 925 g/mol. The molecule has 0 saturated carbocycles. The second-order valence-electron chi connectivity index (χ2n) is 19.6. The summed E-state index contributed by atoms with van der Waals surface area (Å²) in [7, 11) is 0. The number of benzene rings is 13. The Labute approximate surface area is 438 Å². The van der Waals surface area contributed by atoms with E-state index in [0.29, 0.717) is 0 Å². The topological polar surface area (TPSA) is 8.17 Å². The van der Waals surface area contributed by atoms with Gasteiger partial charge in [0.25, 0.3) is 0 Å². The molecule has 3 heteroatoms. The molecule has 0 N–H and O–H groups in total. The molecule has 2 heterocycles. The number of anilines is 3. The summed E-state index contributed by atoms with van der Waals surface area (Å²) in [4.78, 5) is 2.44. The molecule has 0 atom stereocenters. The number of aromatic nitrogens is 1. The third kappa shape index (κ3) is 7.23. The average Bonchev–Trinajstić information content (AvgIpc) is 4.07. The van der Waals surface area contributed by atoms with Crippen molar-refractivity contribution in [3.8, 4) is 50.2 Å². The molecule has 2 nitrogen and oxygen atoms in total. The van der Waals surface area contributed by atoms with E-state index in [-0.39, 0.29) is 0 Å².